The molecule has 1 saturated carbocycles. The van der Waals surface area contributed by atoms with Crippen LogP contribution in [0.2, 0.25) is 5.02 Å². The summed E-state index contributed by atoms with van der Waals surface area (Å²) in [5.41, 5.74) is 1.64. The largest absolute Gasteiger partial charge is 0.443 e. The number of allylic oxidation sites excluding steroid dienone is 1. The number of thiophene rings is 1. The highest BCUT2D eigenvalue weighted by molar-refractivity contribution is 7.17. The number of nitrogens with zero attached hydrogens (tertiary/aromatic N) is 4. The van der Waals surface area contributed by atoms with E-state index in [9.17, 15) is 14.4 Å². The summed E-state index contributed by atoms with van der Waals surface area (Å²) in [6.07, 6.45) is 8.19. The molecule has 1 saturated heterocycles. The Morgan fingerprint density at radius 1 is 1.18 bits per heavy atom. The molecule has 1 spiro atoms. The first-order chi connectivity index (χ1) is 19.2. The van der Waals surface area contributed by atoms with Crippen molar-refractivity contribution in [2.24, 2.45) is 5.41 Å². The van der Waals surface area contributed by atoms with Crippen molar-refractivity contribution in [3.05, 3.63) is 78.1 Å². The molecule has 2 aliphatic rings. The number of carbonyl (C=O) groups excluding carboxylic acids is 3. The number of hydrogen-bond acceptors (Lipinski definition) is 7. The highest BCUT2D eigenvalue weighted by Gasteiger charge is 2.50. The molecular formula is C28H25Cl2N5O4S. The van der Waals surface area contributed by atoms with Crippen LogP contribution in [0.15, 0.2) is 72.6 Å². The Balaban J connectivity index is 0.000000595. The van der Waals surface area contributed by atoms with E-state index in [1.807, 2.05) is 23.1 Å². The van der Waals surface area contributed by atoms with Crippen molar-refractivity contribution in [2.75, 3.05) is 18.4 Å². The van der Waals surface area contributed by atoms with Crippen LogP contribution in [0.1, 0.15) is 35.0 Å². The van der Waals surface area contributed by atoms with Gasteiger partial charge in [-0.1, -0.05) is 30.8 Å². The van der Waals surface area contributed by atoms with Gasteiger partial charge in [-0.15, -0.1) is 11.3 Å². The zero-order valence-electron chi connectivity index (χ0n) is 21.3. The van der Waals surface area contributed by atoms with E-state index in [-0.39, 0.29) is 23.3 Å². The summed E-state index contributed by atoms with van der Waals surface area (Å²) in [7, 11) is 0. The van der Waals surface area contributed by atoms with E-state index in [1.165, 1.54) is 23.8 Å². The smallest absolute Gasteiger partial charge is 0.268 e. The number of hydrogen-bond donors (Lipinski definition) is 1. The Morgan fingerprint density at radius 3 is 2.62 bits per heavy atom. The fourth-order valence-electron chi connectivity index (χ4n) is 5.34. The normalized spacial score (nSPS) is 19.6. The molecule has 0 radical (unpaired) electrons. The predicted molar refractivity (Wildman–Crippen MR) is 156 cm³/mol. The van der Waals surface area contributed by atoms with E-state index in [1.54, 1.807) is 18.3 Å². The van der Waals surface area contributed by atoms with Gasteiger partial charge in [0.2, 0.25) is 17.1 Å². The fourth-order valence-corrected chi connectivity index (χ4v) is 6.41. The number of likely N-dealkylation sites (tertiary alicyclic amines) is 1. The van der Waals surface area contributed by atoms with Gasteiger partial charge in [-0.05, 0) is 72.7 Å². The summed E-state index contributed by atoms with van der Waals surface area (Å²) in [5, 5.41) is 3.04. The van der Waals surface area contributed by atoms with E-state index in [0.717, 1.165) is 48.8 Å². The van der Waals surface area contributed by atoms with Crippen LogP contribution in [0.4, 0.5) is 5.95 Å². The minimum atomic E-state index is -0.509. The van der Waals surface area contributed by atoms with E-state index in [2.05, 4.69) is 28.0 Å². The SMILES string of the molecule is C=CC(=O)Cl.C=CC(=O)N1CCC2(CC(n3c(NC(=O)c4ccc(-c5cnco5)s4)nc4c(Cl)cccc43)C2)C1. The van der Waals surface area contributed by atoms with Crippen molar-refractivity contribution in [1.29, 1.82) is 0 Å². The number of amides is 2. The number of halogens is 2. The molecule has 40 heavy (non-hydrogen) atoms. The van der Waals surface area contributed by atoms with Crippen LogP contribution < -0.4 is 5.32 Å². The summed E-state index contributed by atoms with van der Waals surface area (Å²) >= 11 is 12.5. The Hall–Kier alpha value is -3.73. The van der Waals surface area contributed by atoms with Gasteiger partial charge in [-0.3, -0.25) is 19.7 Å². The Morgan fingerprint density at radius 2 is 1.95 bits per heavy atom. The number of rotatable bonds is 6. The maximum absolute atomic E-state index is 13.2. The monoisotopic (exact) mass is 597 g/mol. The molecule has 0 bridgehead atoms. The van der Waals surface area contributed by atoms with Crippen molar-refractivity contribution in [3.63, 3.8) is 0 Å². The number of aromatic nitrogens is 3. The van der Waals surface area contributed by atoms with Crippen LogP contribution in [0.3, 0.4) is 0 Å². The van der Waals surface area contributed by atoms with E-state index in [0.29, 0.717) is 27.1 Å². The summed E-state index contributed by atoms with van der Waals surface area (Å²) in [6, 6.07) is 9.43. The molecule has 1 aliphatic heterocycles. The number of fused-ring (bicyclic) bond motifs is 1. The maximum Gasteiger partial charge on any atom is 0.268 e. The number of oxazole rings is 1. The van der Waals surface area contributed by atoms with Crippen molar-refractivity contribution in [2.45, 2.75) is 25.3 Å². The van der Waals surface area contributed by atoms with Crippen molar-refractivity contribution in [1.82, 2.24) is 19.4 Å². The number of nitrogens with one attached hydrogen (secondary N) is 1. The molecular weight excluding hydrogens is 573 g/mol. The summed E-state index contributed by atoms with van der Waals surface area (Å²) < 4.78 is 7.43. The quantitative estimate of drug-likeness (QED) is 0.205. The van der Waals surface area contributed by atoms with Crippen molar-refractivity contribution in [3.8, 4) is 10.6 Å². The Labute approximate surface area is 244 Å². The number of anilines is 1. The third-order valence-electron chi connectivity index (χ3n) is 7.19. The molecule has 4 aromatic rings. The average Bonchev–Trinajstić information content (AvgIpc) is 3.73. The molecule has 206 valence electrons. The molecule has 0 atom stereocenters. The average molecular weight is 599 g/mol. The van der Waals surface area contributed by atoms with Crippen LogP contribution in [-0.2, 0) is 9.59 Å². The first kappa shape index (κ1) is 27.8. The second-order valence-electron chi connectivity index (χ2n) is 9.68. The lowest BCUT2D eigenvalue weighted by atomic mass is 9.65. The lowest BCUT2D eigenvalue weighted by Crippen LogP contribution is -2.42. The standard InChI is InChI=1S/C25H22ClN5O3S.C3H3ClO/c1-2-21(32)30-9-8-25(13-30)10-15(11-25)31-17-5-3-4-16(26)22(17)28-24(31)29-23(33)20-7-6-19(35-20)18-12-27-14-34-18;1-2-3(4)5/h2-7,12,14-15H,1,8-11,13H2,(H,28,29,33);2H,1H2. The second-order valence-corrected chi connectivity index (χ2v) is 11.5. The first-order valence-corrected chi connectivity index (χ1v) is 14.0. The first-order valence-electron chi connectivity index (χ1n) is 12.4. The van der Waals surface area contributed by atoms with Crippen molar-refractivity contribution >= 4 is 68.6 Å². The molecule has 4 heterocycles. The molecule has 1 N–H and O–H groups in total. The molecule has 2 fully saturated rings. The highest BCUT2D eigenvalue weighted by atomic mass is 35.5. The van der Waals surface area contributed by atoms with Gasteiger partial charge in [0.15, 0.2) is 12.2 Å². The topological polar surface area (TPSA) is 110 Å². The zero-order chi connectivity index (χ0) is 28.4. The number of carbonyl (C=O) groups is 3. The maximum atomic E-state index is 13.2. The van der Waals surface area contributed by atoms with Gasteiger partial charge in [-0.2, -0.15) is 0 Å². The van der Waals surface area contributed by atoms with E-state index >= 15 is 0 Å². The molecule has 0 unspecified atom stereocenters. The molecule has 1 aromatic carbocycles. The molecule has 1 aliphatic carbocycles. The zero-order valence-corrected chi connectivity index (χ0v) is 23.6. The minimum absolute atomic E-state index is 0.0150. The molecule has 3 aromatic heterocycles. The van der Waals surface area contributed by atoms with Crippen LogP contribution in [0.5, 0.6) is 0 Å². The van der Waals surface area contributed by atoms with Gasteiger partial charge in [0, 0.05) is 19.1 Å². The molecule has 12 heteroatoms. The van der Waals surface area contributed by atoms with Gasteiger partial charge in [0.25, 0.3) is 5.91 Å². The summed E-state index contributed by atoms with van der Waals surface area (Å²) in [6.45, 7) is 8.18. The predicted octanol–water partition coefficient (Wildman–Crippen LogP) is 6.34. The number of para-hydroxylation sites is 1. The van der Waals surface area contributed by atoms with Gasteiger partial charge in [-0.25, -0.2) is 9.97 Å². The Bertz CT molecular complexity index is 1600. The second kappa shape index (κ2) is 11.4. The van der Waals surface area contributed by atoms with Gasteiger partial charge < -0.3 is 13.9 Å². The van der Waals surface area contributed by atoms with Gasteiger partial charge >= 0.3 is 0 Å². The number of benzene rings is 1. The number of imidazole rings is 1. The third-order valence-corrected chi connectivity index (χ3v) is 8.75. The van der Waals surface area contributed by atoms with Crippen LogP contribution >= 0.6 is 34.5 Å². The lowest BCUT2D eigenvalue weighted by Gasteiger charge is -2.46. The molecule has 6 rings (SSSR count). The van der Waals surface area contributed by atoms with Gasteiger partial charge in [0.05, 0.1) is 26.5 Å². The summed E-state index contributed by atoms with van der Waals surface area (Å²) in [5.74, 6) is 0.836. The summed E-state index contributed by atoms with van der Waals surface area (Å²) in [4.78, 5) is 46.6. The van der Waals surface area contributed by atoms with Crippen LogP contribution in [0, 0.1) is 5.41 Å². The lowest BCUT2D eigenvalue weighted by molar-refractivity contribution is -0.125. The van der Waals surface area contributed by atoms with Crippen LogP contribution in [-0.4, -0.2) is 49.6 Å². The highest BCUT2D eigenvalue weighted by Crippen LogP contribution is 2.55. The third kappa shape index (κ3) is 5.47. The molecule has 2 amide bonds. The van der Waals surface area contributed by atoms with Gasteiger partial charge in [0.1, 0.15) is 5.52 Å². The fraction of sp³-hybridized carbons (Fsp3) is 0.250. The Kier molecular flexibility index (Phi) is 7.93. The minimum Gasteiger partial charge on any atom is -0.443 e. The van der Waals surface area contributed by atoms with E-state index < -0.39 is 5.24 Å². The van der Waals surface area contributed by atoms with Crippen LogP contribution in [0.25, 0.3) is 21.7 Å². The van der Waals surface area contributed by atoms with Crippen molar-refractivity contribution < 1.29 is 18.8 Å². The van der Waals surface area contributed by atoms with E-state index in [4.69, 9.17) is 32.6 Å². The molecule has 9 nitrogen and oxygen atoms in total.